The van der Waals surface area contributed by atoms with Crippen LogP contribution < -0.4 is 24.4 Å². The Balaban J connectivity index is 1.89. The van der Waals surface area contributed by atoms with Crippen molar-refractivity contribution in [1.29, 1.82) is 0 Å². The maximum Gasteiger partial charge on any atom is 0.280 e. The number of amides is 2. The van der Waals surface area contributed by atoms with Crippen molar-refractivity contribution in [2.75, 3.05) is 26.2 Å². The summed E-state index contributed by atoms with van der Waals surface area (Å²) < 4.78 is 20.6. The normalized spacial score (nSPS) is 14.2. The Morgan fingerprint density at radius 1 is 0.973 bits per heavy atom. The third-order valence-corrected chi connectivity index (χ3v) is 7.88. The minimum absolute atomic E-state index is 0.0289. The van der Waals surface area contributed by atoms with Crippen LogP contribution in [0, 0.1) is 0 Å². The highest BCUT2D eigenvalue weighted by Crippen LogP contribution is 2.38. The second-order valence-corrected chi connectivity index (χ2v) is 10.3. The fourth-order valence-corrected chi connectivity index (χ4v) is 5.36. The molecule has 1 aliphatic carbocycles. The Labute approximate surface area is 229 Å². The van der Waals surface area contributed by atoms with E-state index >= 15 is 0 Å². The molecule has 3 aromatic rings. The van der Waals surface area contributed by atoms with Gasteiger partial charge in [-0.1, -0.05) is 48.2 Å². The van der Waals surface area contributed by atoms with Crippen LogP contribution in [0.25, 0.3) is 0 Å². The van der Waals surface area contributed by atoms with Crippen LogP contribution in [0.5, 0.6) is 17.2 Å². The van der Waals surface area contributed by atoms with Gasteiger partial charge in [-0.25, -0.2) is 0 Å². The van der Waals surface area contributed by atoms with Crippen LogP contribution in [0.1, 0.15) is 47.8 Å². The van der Waals surface area contributed by atoms with Crippen molar-refractivity contribution in [1.82, 2.24) is 9.69 Å². The molecule has 1 atom stereocenters. The third-order valence-electron chi connectivity index (χ3n) is 6.27. The van der Waals surface area contributed by atoms with Crippen LogP contribution in [-0.2, 0) is 4.79 Å². The van der Waals surface area contributed by atoms with Gasteiger partial charge in [-0.2, -0.15) is 4.37 Å². The summed E-state index contributed by atoms with van der Waals surface area (Å²) in [7, 11) is 4.58. The Hall–Kier alpha value is -3.01. The highest BCUT2D eigenvalue weighted by atomic mass is 35.5. The van der Waals surface area contributed by atoms with E-state index in [0.717, 1.165) is 37.2 Å². The first-order chi connectivity index (χ1) is 17.9. The highest BCUT2D eigenvalue weighted by molar-refractivity contribution is 7.11. The summed E-state index contributed by atoms with van der Waals surface area (Å²) in [5, 5.41) is 3.17. The number of ether oxygens (including phenoxy) is 3. The number of halogens is 2. The molecule has 1 N–H and O–H groups in total. The molecular formula is C26H27Cl2N3O5S. The number of nitrogens with one attached hydrogen (secondary N) is 1. The van der Waals surface area contributed by atoms with Gasteiger partial charge in [0.25, 0.3) is 5.91 Å². The molecule has 2 aromatic carbocycles. The molecule has 11 heteroatoms. The smallest absolute Gasteiger partial charge is 0.280 e. The standard InChI is InChI=1S/C26H27Cl2N3O5S/c1-34-18-10-8-15(9-11-18)23(25(32)29-16-6-4-5-7-16)31(26(33)22-21(27)24(28)37-30-22)17-12-19(35-2)14-20(13-17)36-3/h8-14,16,23H,4-7H2,1-3H3,(H,29,32)/t23-/m1/s1. The molecule has 0 unspecified atom stereocenters. The van der Waals surface area contributed by atoms with Crippen LogP contribution >= 0.6 is 34.7 Å². The number of anilines is 1. The number of carbonyl (C=O) groups is 2. The number of nitrogens with zero attached hydrogens (tertiary/aromatic N) is 2. The fourth-order valence-electron chi connectivity index (χ4n) is 4.38. The van der Waals surface area contributed by atoms with E-state index in [1.54, 1.807) is 49.6 Å². The van der Waals surface area contributed by atoms with Crippen molar-refractivity contribution in [3.8, 4) is 17.2 Å². The largest absolute Gasteiger partial charge is 0.497 e. The Bertz CT molecular complexity index is 1240. The molecule has 4 rings (SSSR count). The van der Waals surface area contributed by atoms with Crippen LogP contribution in [-0.4, -0.2) is 43.6 Å². The molecule has 0 saturated heterocycles. The number of hydrogen-bond acceptors (Lipinski definition) is 7. The number of hydrogen-bond donors (Lipinski definition) is 1. The zero-order valence-electron chi connectivity index (χ0n) is 20.6. The van der Waals surface area contributed by atoms with Gasteiger partial charge in [0.1, 0.15) is 32.6 Å². The molecule has 1 heterocycles. The molecular weight excluding hydrogens is 537 g/mol. The average molecular weight is 564 g/mol. The predicted molar refractivity (Wildman–Crippen MR) is 145 cm³/mol. The fraction of sp³-hybridized carbons (Fsp3) is 0.346. The molecule has 1 aliphatic rings. The van der Waals surface area contributed by atoms with Crippen molar-refractivity contribution < 1.29 is 23.8 Å². The minimum atomic E-state index is -1.06. The summed E-state index contributed by atoms with van der Waals surface area (Å²) >= 11 is 13.4. The Kier molecular flexibility index (Phi) is 8.79. The summed E-state index contributed by atoms with van der Waals surface area (Å²) in [5.74, 6) is 0.586. The zero-order chi connectivity index (χ0) is 26.5. The quantitative estimate of drug-likeness (QED) is 0.347. The number of methoxy groups -OCH3 is 3. The second-order valence-electron chi connectivity index (χ2n) is 8.53. The van der Waals surface area contributed by atoms with Gasteiger partial charge >= 0.3 is 0 Å². The van der Waals surface area contributed by atoms with Crippen LogP contribution in [0.15, 0.2) is 42.5 Å². The topological polar surface area (TPSA) is 90.0 Å². The highest BCUT2D eigenvalue weighted by Gasteiger charge is 2.37. The van der Waals surface area contributed by atoms with E-state index < -0.39 is 11.9 Å². The molecule has 8 nitrogen and oxygen atoms in total. The lowest BCUT2D eigenvalue weighted by atomic mass is 10.0. The molecule has 2 amide bonds. The molecule has 0 spiro atoms. The zero-order valence-corrected chi connectivity index (χ0v) is 23.0. The molecule has 0 aliphatic heterocycles. The molecule has 1 fully saturated rings. The lowest BCUT2D eigenvalue weighted by molar-refractivity contribution is -0.123. The van der Waals surface area contributed by atoms with Crippen molar-refractivity contribution >= 4 is 52.2 Å². The van der Waals surface area contributed by atoms with E-state index in [-0.39, 0.29) is 27.0 Å². The summed E-state index contributed by atoms with van der Waals surface area (Å²) in [6.07, 6.45) is 3.85. The van der Waals surface area contributed by atoms with E-state index in [0.29, 0.717) is 28.5 Å². The molecule has 1 saturated carbocycles. The van der Waals surface area contributed by atoms with Crippen LogP contribution in [0.2, 0.25) is 9.36 Å². The van der Waals surface area contributed by atoms with Gasteiger partial charge < -0.3 is 19.5 Å². The number of aromatic nitrogens is 1. The molecule has 196 valence electrons. The van der Waals surface area contributed by atoms with Crippen LogP contribution in [0.3, 0.4) is 0 Å². The van der Waals surface area contributed by atoms with Gasteiger partial charge in [-0.05, 0) is 42.1 Å². The lowest BCUT2D eigenvalue weighted by Gasteiger charge is -2.32. The lowest BCUT2D eigenvalue weighted by Crippen LogP contribution is -2.46. The van der Waals surface area contributed by atoms with Crippen molar-refractivity contribution in [2.24, 2.45) is 0 Å². The monoisotopic (exact) mass is 563 g/mol. The third kappa shape index (κ3) is 5.95. The van der Waals surface area contributed by atoms with Gasteiger partial charge in [-0.15, -0.1) is 0 Å². The summed E-state index contributed by atoms with van der Waals surface area (Å²) in [5.41, 5.74) is 0.887. The number of carbonyl (C=O) groups excluding carboxylic acids is 2. The number of rotatable bonds is 9. The predicted octanol–water partition coefficient (Wildman–Crippen LogP) is 5.92. The van der Waals surface area contributed by atoms with E-state index in [1.807, 2.05) is 0 Å². The SMILES string of the molecule is COc1ccc([C@H](C(=O)NC2CCCC2)N(C(=O)c2nsc(Cl)c2Cl)c2cc(OC)cc(OC)c2)cc1. The minimum Gasteiger partial charge on any atom is -0.497 e. The first-order valence-electron chi connectivity index (χ1n) is 11.7. The molecule has 0 radical (unpaired) electrons. The van der Waals surface area contributed by atoms with Crippen molar-refractivity contribution in [2.45, 2.75) is 37.8 Å². The summed E-state index contributed by atoms with van der Waals surface area (Å²) in [4.78, 5) is 29.4. The Morgan fingerprint density at radius 2 is 1.57 bits per heavy atom. The van der Waals surface area contributed by atoms with Gasteiger partial charge in [0.15, 0.2) is 5.69 Å². The Morgan fingerprint density at radius 3 is 2.08 bits per heavy atom. The first-order valence-corrected chi connectivity index (χ1v) is 13.2. The van der Waals surface area contributed by atoms with Gasteiger partial charge in [0.05, 0.1) is 27.0 Å². The van der Waals surface area contributed by atoms with Gasteiger partial charge in [-0.3, -0.25) is 14.5 Å². The van der Waals surface area contributed by atoms with Gasteiger partial charge in [0, 0.05) is 24.2 Å². The van der Waals surface area contributed by atoms with Crippen molar-refractivity contribution in [3.05, 3.63) is 63.1 Å². The van der Waals surface area contributed by atoms with Crippen molar-refractivity contribution in [3.63, 3.8) is 0 Å². The van der Waals surface area contributed by atoms with E-state index in [2.05, 4.69) is 9.69 Å². The first kappa shape index (κ1) is 27.0. The van der Waals surface area contributed by atoms with E-state index in [9.17, 15) is 9.59 Å². The molecule has 37 heavy (non-hydrogen) atoms. The summed E-state index contributed by atoms with van der Waals surface area (Å²) in [6.45, 7) is 0. The average Bonchev–Trinajstić information content (AvgIpc) is 3.55. The second kappa shape index (κ2) is 12.0. The van der Waals surface area contributed by atoms with E-state index in [1.165, 1.54) is 19.1 Å². The molecule has 0 bridgehead atoms. The van der Waals surface area contributed by atoms with Crippen LogP contribution in [0.4, 0.5) is 5.69 Å². The van der Waals surface area contributed by atoms with E-state index in [4.69, 9.17) is 37.4 Å². The van der Waals surface area contributed by atoms with Gasteiger partial charge in [0.2, 0.25) is 5.91 Å². The number of benzene rings is 2. The molecule has 1 aromatic heterocycles. The summed E-state index contributed by atoms with van der Waals surface area (Å²) in [6, 6.07) is 11.0. The maximum absolute atomic E-state index is 14.1. The maximum atomic E-state index is 14.1.